The average Bonchev–Trinajstić information content (AvgIpc) is 2.39. The molecular formula is C13H18N2O3. The predicted octanol–water partition coefficient (Wildman–Crippen LogP) is 1.54. The van der Waals surface area contributed by atoms with Gasteiger partial charge in [-0.1, -0.05) is 0 Å². The lowest BCUT2D eigenvalue weighted by Gasteiger charge is -2.23. The highest BCUT2D eigenvalue weighted by atomic mass is 16.5. The third-order valence-corrected chi connectivity index (χ3v) is 2.90. The quantitative estimate of drug-likeness (QED) is 0.627. The molecule has 2 rings (SSSR count). The van der Waals surface area contributed by atoms with E-state index in [1.807, 2.05) is 6.07 Å². The van der Waals surface area contributed by atoms with Gasteiger partial charge in [0, 0.05) is 24.5 Å². The van der Waals surface area contributed by atoms with Crippen molar-refractivity contribution in [3.8, 4) is 11.5 Å². The summed E-state index contributed by atoms with van der Waals surface area (Å²) in [6, 6.07) is 5.29. The smallest absolute Gasteiger partial charge is 0.124 e. The number of methoxy groups -OCH3 is 1. The minimum absolute atomic E-state index is 0.00530. The number of benzene rings is 1. The molecule has 0 radical (unpaired) electrons. The third kappa shape index (κ3) is 3.13. The summed E-state index contributed by atoms with van der Waals surface area (Å²) in [6.07, 6.45) is 1.92. The van der Waals surface area contributed by atoms with Crippen molar-refractivity contribution in [1.82, 2.24) is 0 Å². The van der Waals surface area contributed by atoms with E-state index in [-0.39, 0.29) is 11.9 Å². The second-order valence-corrected chi connectivity index (χ2v) is 4.24. The summed E-state index contributed by atoms with van der Waals surface area (Å²) < 4.78 is 16.3. The van der Waals surface area contributed by atoms with Crippen molar-refractivity contribution in [2.75, 3.05) is 20.3 Å². The second-order valence-electron chi connectivity index (χ2n) is 4.24. The molecule has 1 aromatic rings. The number of rotatable bonds is 4. The monoisotopic (exact) mass is 250 g/mol. The molecule has 0 amide bonds. The number of ether oxygens (including phenoxy) is 3. The molecule has 98 valence electrons. The molecule has 5 nitrogen and oxygen atoms in total. The Kier molecular flexibility index (Phi) is 4.04. The van der Waals surface area contributed by atoms with E-state index in [0.29, 0.717) is 17.1 Å². The number of nitrogens with one attached hydrogen (secondary N) is 1. The van der Waals surface area contributed by atoms with Crippen LogP contribution in [-0.4, -0.2) is 32.3 Å². The van der Waals surface area contributed by atoms with Crippen LogP contribution in [0.25, 0.3) is 0 Å². The number of nitrogens with two attached hydrogens (primary N) is 1. The molecule has 0 unspecified atom stereocenters. The van der Waals surface area contributed by atoms with Gasteiger partial charge in [0.05, 0.1) is 20.3 Å². The molecule has 0 aromatic heterocycles. The summed E-state index contributed by atoms with van der Waals surface area (Å²) in [4.78, 5) is 0. The third-order valence-electron chi connectivity index (χ3n) is 2.90. The fraction of sp³-hybridized carbons (Fsp3) is 0.462. The van der Waals surface area contributed by atoms with Gasteiger partial charge in [-0.25, -0.2) is 0 Å². The van der Waals surface area contributed by atoms with E-state index in [9.17, 15) is 0 Å². The zero-order valence-corrected chi connectivity index (χ0v) is 10.4. The van der Waals surface area contributed by atoms with E-state index in [2.05, 4.69) is 0 Å². The summed E-state index contributed by atoms with van der Waals surface area (Å²) in [5.74, 6) is 1.34. The molecular weight excluding hydrogens is 232 g/mol. The molecule has 5 heteroatoms. The first-order valence-electron chi connectivity index (χ1n) is 5.97. The van der Waals surface area contributed by atoms with Crippen LogP contribution in [0.5, 0.6) is 11.5 Å². The molecule has 1 fully saturated rings. The Morgan fingerprint density at radius 2 is 1.94 bits per heavy atom. The van der Waals surface area contributed by atoms with Crippen molar-refractivity contribution in [1.29, 1.82) is 5.41 Å². The SMILES string of the molecule is COc1cc(OC2CCOCC2)cc(C(=N)N)c1. The van der Waals surface area contributed by atoms with Crippen LogP contribution in [-0.2, 0) is 4.74 Å². The normalized spacial score (nSPS) is 16.3. The zero-order chi connectivity index (χ0) is 13.0. The molecule has 18 heavy (non-hydrogen) atoms. The van der Waals surface area contributed by atoms with Gasteiger partial charge in [0.1, 0.15) is 23.4 Å². The molecule has 1 aliphatic heterocycles. The summed E-state index contributed by atoms with van der Waals surface area (Å²) >= 11 is 0. The van der Waals surface area contributed by atoms with E-state index in [1.165, 1.54) is 0 Å². The van der Waals surface area contributed by atoms with Crippen LogP contribution in [0.2, 0.25) is 0 Å². The zero-order valence-electron chi connectivity index (χ0n) is 10.4. The van der Waals surface area contributed by atoms with Crippen LogP contribution in [0.1, 0.15) is 18.4 Å². The van der Waals surface area contributed by atoms with Crippen molar-refractivity contribution in [2.45, 2.75) is 18.9 Å². The van der Waals surface area contributed by atoms with Gasteiger partial charge in [0.15, 0.2) is 0 Å². The van der Waals surface area contributed by atoms with Gasteiger partial charge in [-0.3, -0.25) is 5.41 Å². The Morgan fingerprint density at radius 3 is 2.56 bits per heavy atom. The summed E-state index contributed by atoms with van der Waals surface area (Å²) in [7, 11) is 1.58. The first kappa shape index (κ1) is 12.7. The van der Waals surface area contributed by atoms with E-state index in [1.54, 1.807) is 19.2 Å². The van der Waals surface area contributed by atoms with E-state index < -0.39 is 0 Å². The molecule has 0 spiro atoms. The number of amidine groups is 1. The summed E-state index contributed by atoms with van der Waals surface area (Å²) in [6.45, 7) is 1.46. The van der Waals surface area contributed by atoms with E-state index in [4.69, 9.17) is 25.4 Å². The Morgan fingerprint density at radius 1 is 1.28 bits per heavy atom. The Labute approximate surface area is 106 Å². The molecule has 0 atom stereocenters. The van der Waals surface area contributed by atoms with E-state index in [0.717, 1.165) is 26.1 Å². The fourth-order valence-electron chi connectivity index (χ4n) is 1.90. The van der Waals surface area contributed by atoms with Gasteiger partial charge in [-0.05, 0) is 12.1 Å². The van der Waals surface area contributed by atoms with Crippen LogP contribution in [0.15, 0.2) is 18.2 Å². The Bertz CT molecular complexity index is 428. The predicted molar refractivity (Wildman–Crippen MR) is 68.5 cm³/mol. The maximum absolute atomic E-state index is 7.47. The lowest BCUT2D eigenvalue weighted by Crippen LogP contribution is -2.26. The highest BCUT2D eigenvalue weighted by molar-refractivity contribution is 5.95. The van der Waals surface area contributed by atoms with Crippen LogP contribution in [0, 0.1) is 5.41 Å². The van der Waals surface area contributed by atoms with Gasteiger partial charge < -0.3 is 19.9 Å². The van der Waals surface area contributed by atoms with Gasteiger partial charge in [0.25, 0.3) is 0 Å². The first-order valence-corrected chi connectivity index (χ1v) is 5.97. The van der Waals surface area contributed by atoms with Gasteiger partial charge in [-0.15, -0.1) is 0 Å². The van der Waals surface area contributed by atoms with Gasteiger partial charge in [0.2, 0.25) is 0 Å². The molecule has 1 saturated heterocycles. The van der Waals surface area contributed by atoms with Crippen LogP contribution in [0.4, 0.5) is 0 Å². The Balaban J connectivity index is 2.15. The highest BCUT2D eigenvalue weighted by Crippen LogP contribution is 2.25. The molecule has 1 aliphatic rings. The largest absolute Gasteiger partial charge is 0.497 e. The number of hydrogen-bond acceptors (Lipinski definition) is 4. The number of hydrogen-bond donors (Lipinski definition) is 2. The van der Waals surface area contributed by atoms with Gasteiger partial charge >= 0.3 is 0 Å². The van der Waals surface area contributed by atoms with Crippen molar-refractivity contribution in [3.63, 3.8) is 0 Å². The van der Waals surface area contributed by atoms with Crippen LogP contribution in [0.3, 0.4) is 0 Å². The molecule has 3 N–H and O–H groups in total. The molecule has 0 aliphatic carbocycles. The van der Waals surface area contributed by atoms with Crippen molar-refractivity contribution >= 4 is 5.84 Å². The van der Waals surface area contributed by atoms with Crippen molar-refractivity contribution in [2.24, 2.45) is 5.73 Å². The highest BCUT2D eigenvalue weighted by Gasteiger charge is 2.16. The lowest BCUT2D eigenvalue weighted by molar-refractivity contribution is 0.0255. The minimum Gasteiger partial charge on any atom is -0.497 e. The van der Waals surface area contributed by atoms with Crippen LogP contribution >= 0.6 is 0 Å². The maximum atomic E-state index is 7.47. The number of nitrogen functional groups attached to an aromatic ring is 1. The second kappa shape index (κ2) is 5.73. The van der Waals surface area contributed by atoms with Gasteiger partial charge in [-0.2, -0.15) is 0 Å². The Hall–Kier alpha value is -1.75. The summed E-state index contributed by atoms with van der Waals surface area (Å²) in [5.41, 5.74) is 6.10. The molecule has 0 saturated carbocycles. The van der Waals surface area contributed by atoms with E-state index >= 15 is 0 Å². The van der Waals surface area contributed by atoms with Crippen molar-refractivity contribution in [3.05, 3.63) is 23.8 Å². The summed E-state index contributed by atoms with van der Waals surface area (Å²) in [5, 5.41) is 7.47. The maximum Gasteiger partial charge on any atom is 0.124 e. The minimum atomic E-state index is 0.00530. The van der Waals surface area contributed by atoms with Crippen molar-refractivity contribution < 1.29 is 14.2 Å². The first-order chi connectivity index (χ1) is 8.69. The average molecular weight is 250 g/mol. The lowest BCUT2D eigenvalue weighted by atomic mass is 10.1. The molecule has 1 aromatic carbocycles. The topological polar surface area (TPSA) is 77.6 Å². The molecule has 1 heterocycles. The standard InChI is InChI=1S/C13H18N2O3/c1-16-11-6-9(13(14)15)7-12(8-11)18-10-2-4-17-5-3-10/h6-8,10H,2-5H2,1H3,(H3,14,15). The molecule has 0 bridgehead atoms. The fourth-order valence-corrected chi connectivity index (χ4v) is 1.90. The van der Waals surface area contributed by atoms with Crippen LogP contribution < -0.4 is 15.2 Å².